The Labute approximate surface area is 156 Å². The van der Waals surface area contributed by atoms with Crippen LogP contribution in [0.25, 0.3) is 0 Å². The Bertz CT molecular complexity index is 704. The van der Waals surface area contributed by atoms with Gasteiger partial charge in [0.25, 0.3) is 0 Å². The van der Waals surface area contributed by atoms with Crippen molar-refractivity contribution >= 4 is 0 Å². The summed E-state index contributed by atoms with van der Waals surface area (Å²) in [6.07, 6.45) is 0. The first kappa shape index (κ1) is 17.7. The van der Waals surface area contributed by atoms with Crippen LogP contribution >= 0.6 is 0 Å². The number of quaternary nitrogens is 2. The summed E-state index contributed by atoms with van der Waals surface area (Å²) < 4.78 is -0.637. The molecule has 0 aromatic heterocycles. The Hall–Kier alpha value is -1.72. The second-order valence-corrected chi connectivity index (χ2v) is 9.05. The fraction of sp³-hybridized carbons (Fsp3) is 0.455. The Balaban J connectivity index is 1.91. The summed E-state index contributed by atoms with van der Waals surface area (Å²) in [4.78, 5) is 0. The van der Waals surface area contributed by atoms with Crippen molar-refractivity contribution in [2.75, 3.05) is 41.3 Å². The second-order valence-electron chi connectivity index (χ2n) is 9.05. The molecule has 0 amide bonds. The lowest BCUT2D eigenvalue weighted by Crippen LogP contribution is -2.53. The Kier molecular flexibility index (Phi) is 4.01. The lowest BCUT2D eigenvalue weighted by molar-refractivity contribution is -0.854. The third-order valence-electron chi connectivity index (χ3n) is 6.04. The predicted octanol–water partition coefficient (Wildman–Crippen LogP) is 3.66. The minimum atomic E-state index is -0.318. The van der Waals surface area contributed by atoms with Crippen molar-refractivity contribution in [3.63, 3.8) is 0 Å². The van der Waals surface area contributed by atoms with Gasteiger partial charge < -0.3 is 19.7 Å². The highest BCUT2D eigenvalue weighted by atomic mass is 16.5. The molecule has 26 heavy (non-hydrogen) atoms. The number of benzene rings is 2. The van der Waals surface area contributed by atoms with E-state index in [1.807, 2.05) is 0 Å². The van der Waals surface area contributed by atoms with Crippen LogP contribution in [-0.2, 0) is 0 Å². The molecule has 2 aromatic carbocycles. The monoisotopic (exact) mass is 352 g/mol. The standard InChI is InChI=1S/C22H28N2O2/c1-23(2,25)13-19-20(14-24(3,4)26)22-17-11-7-5-9-15(17)21(19)16-10-6-8-12-18(16)22/h5-12,19-22H,13-14H2,1-4H3/t19-,20-,21?,22?/m1/s1. The second kappa shape index (κ2) is 5.89. The van der Waals surface area contributed by atoms with E-state index in [0.29, 0.717) is 13.1 Å². The average molecular weight is 352 g/mol. The van der Waals surface area contributed by atoms with Gasteiger partial charge in [0.05, 0.1) is 41.3 Å². The first-order valence-electron chi connectivity index (χ1n) is 9.41. The summed E-state index contributed by atoms with van der Waals surface area (Å²) in [7, 11) is 6.87. The molecular weight excluding hydrogens is 324 g/mol. The molecule has 2 atom stereocenters. The minimum absolute atomic E-state index is 0.184. The summed E-state index contributed by atoms with van der Waals surface area (Å²) >= 11 is 0. The van der Waals surface area contributed by atoms with E-state index < -0.39 is 0 Å². The van der Waals surface area contributed by atoms with Gasteiger partial charge in [-0.15, -0.1) is 0 Å². The van der Waals surface area contributed by atoms with Gasteiger partial charge in [-0.05, 0) is 22.3 Å². The van der Waals surface area contributed by atoms with Gasteiger partial charge in [-0.1, -0.05) is 48.5 Å². The van der Waals surface area contributed by atoms with E-state index in [0.717, 1.165) is 0 Å². The third-order valence-corrected chi connectivity index (χ3v) is 6.04. The zero-order chi connectivity index (χ0) is 18.7. The predicted molar refractivity (Wildman–Crippen MR) is 104 cm³/mol. The van der Waals surface area contributed by atoms with E-state index in [-0.39, 0.29) is 33.0 Å². The number of hydroxylamine groups is 6. The summed E-state index contributed by atoms with van der Waals surface area (Å²) in [6, 6.07) is 17.3. The van der Waals surface area contributed by atoms with Crippen molar-refractivity contribution in [1.82, 2.24) is 0 Å². The smallest absolute Gasteiger partial charge is 0.0822 e. The highest BCUT2D eigenvalue weighted by molar-refractivity contribution is 5.56. The van der Waals surface area contributed by atoms with Gasteiger partial charge in [0.2, 0.25) is 0 Å². The van der Waals surface area contributed by atoms with Gasteiger partial charge in [0.1, 0.15) is 0 Å². The maximum absolute atomic E-state index is 12.6. The summed E-state index contributed by atoms with van der Waals surface area (Å²) in [5.74, 6) is 0.776. The van der Waals surface area contributed by atoms with Crippen molar-refractivity contribution < 1.29 is 9.29 Å². The lowest BCUT2D eigenvalue weighted by Gasteiger charge is -2.54. The van der Waals surface area contributed by atoms with Crippen molar-refractivity contribution in [1.29, 1.82) is 0 Å². The van der Waals surface area contributed by atoms with Gasteiger partial charge in [0, 0.05) is 23.7 Å². The molecule has 0 radical (unpaired) electrons. The zero-order valence-corrected chi connectivity index (χ0v) is 16.1. The molecule has 0 unspecified atom stereocenters. The average Bonchev–Trinajstić information content (AvgIpc) is 2.54. The molecule has 3 aliphatic carbocycles. The van der Waals surface area contributed by atoms with Crippen LogP contribution in [0.2, 0.25) is 0 Å². The Morgan fingerprint density at radius 2 is 0.885 bits per heavy atom. The molecule has 5 rings (SSSR count). The van der Waals surface area contributed by atoms with E-state index >= 15 is 0 Å². The number of hydrogen-bond acceptors (Lipinski definition) is 2. The van der Waals surface area contributed by atoms with Crippen LogP contribution in [0.3, 0.4) is 0 Å². The molecule has 0 saturated heterocycles. The first-order chi connectivity index (χ1) is 12.2. The fourth-order valence-corrected chi connectivity index (χ4v) is 5.40. The Morgan fingerprint density at radius 3 is 1.12 bits per heavy atom. The van der Waals surface area contributed by atoms with E-state index in [1.165, 1.54) is 22.3 Å². The molecule has 0 N–H and O–H groups in total. The third kappa shape index (κ3) is 2.97. The molecule has 4 nitrogen and oxygen atoms in total. The van der Waals surface area contributed by atoms with E-state index in [4.69, 9.17) is 0 Å². The number of fused-ring (bicyclic) bond motifs is 1. The van der Waals surface area contributed by atoms with E-state index in [2.05, 4.69) is 48.5 Å². The van der Waals surface area contributed by atoms with Gasteiger partial charge in [-0.2, -0.15) is 0 Å². The zero-order valence-electron chi connectivity index (χ0n) is 16.1. The molecule has 0 saturated carbocycles. The van der Waals surface area contributed by atoms with Gasteiger partial charge in [0.15, 0.2) is 0 Å². The fourth-order valence-electron chi connectivity index (χ4n) is 5.40. The largest absolute Gasteiger partial charge is 0.633 e. The molecule has 2 bridgehead atoms. The van der Waals surface area contributed by atoms with E-state index in [9.17, 15) is 10.4 Å². The van der Waals surface area contributed by atoms with Crippen LogP contribution in [-0.4, -0.2) is 50.6 Å². The SMILES string of the molecule is C[N+](C)([O-])C[C@H]1C2c3ccccc3C(c3ccccc32)[C@@H]1C[N+](C)(C)[O-]. The molecule has 0 heterocycles. The number of hydrogen-bond donors (Lipinski definition) is 0. The van der Waals surface area contributed by atoms with Crippen LogP contribution in [0.1, 0.15) is 34.1 Å². The van der Waals surface area contributed by atoms with Gasteiger partial charge in [-0.3, -0.25) is 0 Å². The minimum Gasteiger partial charge on any atom is -0.633 e. The Morgan fingerprint density at radius 1 is 0.615 bits per heavy atom. The molecule has 2 aromatic rings. The van der Waals surface area contributed by atoms with Crippen molar-refractivity contribution in [3.05, 3.63) is 81.2 Å². The topological polar surface area (TPSA) is 46.1 Å². The van der Waals surface area contributed by atoms with Crippen molar-refractivity contribution in [2.24, 2.45) is 11.8 Å². The van der Waals surface area contributed by atoms with Crippen molar-refractivity contribution in [2.45, 2.75) is 11.8 Å². The molecular formula is C22H28N2O2. The summed E-state index contributed by atoms with van der Waals surface area (Å²) in [6.45, 7) is 1.07. The number of nitrogens with zero attached hydrogens (tertiary/aromatic N) is 2. The maximum Gasteiger partial charge on any atom is 0.0822 e. The number of rotatable bonds is 4. The highest BCUT2D eigenvalue weighted by Gasteiger charge is 2.52. The van der Waals surface area contributed by atoms with Crippen LogP contribution in [0.15, 0.2) is 48.5 Å². The summed E-state index contributed by atoms with van der Waals surface area (Å²) in [5, 5.41) is 25.3. The van der Waals surface area contributed by atoms with E-state index in [1.54, 1.807) is 28.2 Å². The van der Waals surface area contributed by atoms with Crippen LogP contribution in [0, 0.1) is 22.3 Å². The maximum atomic E-state index is 12.6. The van der Waals surface area contributed by atoms with Crippen LogP contribution in [0.4, 0.5) is 0 Å². The molecule has 3 aliphatic rings. The highest BCUT2D eigenvalue weighted by Crippen LogP contribution is 2.58. The van der Waals surface area contributed by atoms with Crippen LogP contribution < -0.4 is 0 Å². The summed E-state index contributed by atoms with van der Waals surface area (Å²) in [5.41, 5.74) is 5.40. The van der Waals surface area contributed by atoms with Crippen LogP contribution in [0.5, 0.6) is 0 Å². The van der Waals surface area contributed by atoms with Crippen molar-refractivity contribution in [3.8, 4) is 0 Å². The van der Waals surface area contributed by atoms with Gasteiger partial charge in [-0.25, -0.2) is 0 Å². The molecule has 4 heteroatoms. The molecule has 138 valence electrons. The normalized spacial score (nSPS) is 27.2. The molecule has 0 aliphatic heterocycles. The molecule has 0 fully saturated rings. The quantitative estimate of drug-likeness (QED) is 0.623. The lowest BCUT2D eigenvalue weighted by atomic mass is 9.54. The molecule has 0 spiro atoms. The van der Waals surface area contributed by atoms with Gasteiger partial charge >= 0.3 is 0 Å². The first-order valence-corrected chi connectivity index (χ1v) is 9.41.